The zero-order chi connectivity index (χ0) is 13.0. The lowest BCUT2D eigenvalue weighted by molar-refractivity contribution is 0.0696. The predicted molar refractivity (Wildman–Crippen MR) is 74.4 cm³/mol. The Morgan fingerprint density at radius 1 is 1.11 bits per heavy atom. The third kappa shape index (κ3) is 2.93. The normalized spacial score (nSPS) is 10.3. The molecule has 0 aromatic heterocycles. The van der Waals surface area contributed by atoms with Gasteiger partial charge in [-0.05, 0) is 42.0 Å². The topological polar surface area (TPSA) is 37.3 Å². The highest BCUT2D eigenvalue weighted by atomic mass is 32.2. The maximum Gasteiger partial charge on any atom is 0.335 e. The van der Waals surface area contributed by atoms with E-state index in [9.17, 15) is 4.79 Å². The zero-order valence-corrected chi connectivity index (χ0v) is 10.9. The molecule has 2 aromatic rings. The zero-order valence-electron chi connectivity index (χ0n) is 10.1. The minimum absolute atomic E-state index is 0.381. The molecule has 2 nitrogen and oxygen atoms in total. The summed E-state index contributed by atoms with van der Waals surface area (Å²) in [5.74, 6) is -0.869. The molecule has 0 spiro atoms. The molecule has 1 N–H and O–H groups in total. The van der Waals surface area contributed by atoms with Crippen LogP contribution in [0.1, 0.15) is 21.5 Å². The van der Waals surface area contributed by atoms with E-state index in [-0.39, 0.29) is 0 Å². The molecule has 3 heteroatoms. The summed E-state index contributed by atoms with van der Waals surface area (Å²) in [6, 6.07) is 15.4. The van der Waals surface area contributed by atoms with Crippen molar-refractivity contribution in [2.45, 2.75) is 11.3 Å². The summed E-state index contributed by atoms with van der Waals surface area (Å²) in [5.41, 5.74) is 2.36. The number of carbonyl (C=O) groups is 1. The van der Waals surface area contributed by atoms with Crippen molar-refractivity contribution in [3.63, 3.8) is 0 Å². The minimum atomic E-state index is -0.869. The summed E-state index contributed by atoms with van der Waals surface area (Å²) < 4.78 is 0. The van der Waals surface area contributed by atoms with Crippen LogP contribution in [0.3, 0.4) is 0 Å². The predicted octanol–water partition coefficient (Wildman–Crippen LogP) is 3.70. The number of hydrogen-bond donors (Lipinski definition) is 1. The molecule has 0 aliphatic heterocycles. The van der Waals surface area contributed by atoms with Crippen LogP contribution in [0.5, 0.6) is 0 Å². The van der Waals surface area contributed by atoms with E-state index < -0.39 is 5.97 Å². The Bertz CT molecular complexity index is 547. The average Bonchev–Trinajstić information content (AvgIpc) is 2.40. The quantitative estimate of drug-likeness (QED) is 0.850. The molecule has 0 fully saturated rings. The molecule has 0 unspecified atom stereocenters. The van der Waals surface area contributed by atoms with Crippen molar-refractivity contribution < 1.29 is 9.90 Å². The van der Waals surface area contributed by atoms with E-state index >= 15 is 0 Å². The lowest BCUT2D eigenvalue weighted by atomic mass is 10.00. The van der Waals surface area contributed by atoms with Gasteiger partial charge in [0.05, 0.1) is 5.56 Å². The van der Waals surface area contributed by atoms with Crippen LogP contribution >= 0.6 is 11.8 Å². The van der Waals surface area contributed by atoms with Gasteiger partial charge in [0.1, 0.15) is 0 Å². The van der Waals surface area contributed by atoms with Gasteiger partial charge in [0.15, 0.2) is 0 Å². The molecule has 0 saturated carbocycles. The van der Waals surface area contributed by atoms with Gasteiger partial charge >= 0.3 is 5.97 Å². The van der Waals surface area contributed by atoms with Crippen LogP contribution < -0.4 is 0 Å². The van der Waals surface area contributed by atoms with E-state index in [1.165, 1.54) is 4.90 Å². The van der Waals surface area contributed by atoms with Gasteiger partial charge in [-0.15, -0.1) is 11.8 Å². The van der Waals surface area contributed by atoms with E-state index in [0.717, 1.165) is 11.1 Å². The smallest absolute Gasteiger partial charge is 0.335 e. The van der Waals surface area contributed by atoms with Crippen LogP contribution in [0.2, 0.25) is 0 Å². The van der Waals surface area contributed by atoms with Crippen molar-refractivity contribution in [2.24, 2.45) is 0 Å². The Morgan fingerprint density at radius 2 is 1.78 bits per heavy atom. The Hall–Kier alpha value is -1.74. The second-order valence-electron chi connectivity index (χ2n) is 3.99. The molecule has 0 heterocycles. The highest BCUT2D eigenvalue weighted by Crippen LogP contribution is 2.18. The number of thioether (sulfide) groups is 1. The molecular weight excluding hydrogens is 244 g/mol. The number of rotatable bonds is 4. The number of aromatic carboxylic acids is 1. The Kier molecular flexibility index (Phi) is 4.05. The van der Waals surface area contributed by atoms with Crippen molar-refractivity contribution in [1.29, 1.82) is 0 Å². The molecular formula is C15H14O2S. The van der Waals surface area contributed by atoms with Gasteiger partial charge in [0.25, 0.3) is 0 Å². The molecule has 2 aromatic carbocycles. The maximum absolute atomic E-state index is 11.1. The van der Waals surface area contributed by atoms with Crippen molar-refractivity contribution in [2.75, 3.05) is 6.26 Å². The summed E-state index contributed by atoms with van der Waals surface area (Å²) in [4.78, 5) is 12.3. The molecule has 0 aliphatic rings. The standard InChI is InChI=1S/C15H14O2S/c1-18-13-8-6-11(7-9-13)10-12-4-2-3-5-14(12)15(16)17/h2-9H,10H2,1H3,(H,16,17). The molecule has 0 aliphatic carbocycles. The molecule has 0 atom stereocenters. The second kappa shape index (κ2) is 5.74. The summed E-state index contributed by atoms with van der Waals surface area (Å²) >= 11 is 1.70. The first kappa shape index (κ1) is 12.7. The average molecular weight is 258 g/mol. The largest absolute Gasteiger partial charge is 0.478 e. The van der Waals surface area contributed by atoms with Gasteiger partial charge in [-0.2, -0.15) is 0 Å². The Morgan fingerprint density at radius 3 is 2.39 bits per heavy atom. The maximum atomic E-state index is 11.1. The van der Waals surface area contributed by atoms with Gasteiger partial charge in [-0.1, -0.05) is 30.3 Å². The van der Waals surface area contributed by atoms with E-state index in [1.54, 1.807) is 23.9 Å². The summed E-state index contributed by atoms with van der Waals surface area (Å²) in [7, 11) is 0. The van der Waals surface area contributed by atoms with Crippen LogP contribution in [0, 0.1) is 0 Å². The highest BCUT2D eigenvalue weighted by Gasteiger charge is 2.09. The van der Waals surface area contributed by atoms with Crippen LogP contribution in [0.15, 0.2) is 53.4 Å². The summed E-state index contributed by atoms with van der Waals surface area (Å²) in [6.07, 6.45) is 2.69. The molecule has 18 heavy (non-hydrogen) atoms. The Labute approximate surface area is 111 Å². The highest BCUT2D eigenvalue weighted by molar-refractivity contribution is 7.98. The first-order valence-corrected chi connectivity index (χ1v) is 6.87. The van der Waals surface area contributed by atoms with Gasteiger partial charge in [-0.25, -0.2) is 4.79 Å². The van der Waals surface area contributed by atoms with Crippen LogP contribution in [0.4, 0.5) is 0 Å². The molecule has 0 saturated heterocycles. The van der Waals surface area contributed by atoms with Gasteiger partial charge < -0.3 is 5.11 Å². The number of carboxylic acids is 1. The number of benzene rings is 2. The fraction of sp³-hybridized carbons (Fsp3) is 0.133. The molecule has 0 bridgehead atoms. The van der Waals surface area contributed by atoms with E-state index in [2.05, 4.69) is 12.1 Å². The Balaban J connectivity index is 2.25. The fourth-order valence-electron chi connectivity index (χ4n) is 1.85. The minimum Gasteiger partial charge on any atom is -0.478 e. The van der Waals surface area contributed by atoms with Crippen molar-refractivity contribution >= 4 is 17.7 Å². The van der Waals surface area contributed by atoms with Gasteiger partial charge in [0.2, 0.25) is 0 Å². The first-order valence-electron chi connectivity index (χ1n) is 5.65. The number of carboxylic acid groups (broad SMARTS) is 1. The monoisotopic (exact) mass is 258 g/mol. The molecule has 92 valence electrons. The van der Waals surface area contributed by atoms with E-state index in [4.69, 9.17) is 5.11 Å². The SMILES string of the molecule is CSc1ccc(Cc2ccccc2C(=O)O)cc1. The third-order valence-electron chi connectivity index (χ3n) is 2.80. The third-order valence-corrected chi connectivity index (χ3v) is 3.54. The van der Waals surface area contributed by atoms with Crippen molar-refractivity contribution in [3.8, 4) is 0 Å². The lowest BCUT2D eigenvalue weighted by Crippen LogP contribution is -2.02. The lowest BCUT2D eigenvalue weighted by Gasteiger charge is -2.06. The van der Waals surface area contributed by atoms with Gasteiger partial charge in [-0.3, -0.25) is 0 Å². The van der Waals surface area contributed by atoms with Crippen LogP contribution in [-0.4, -0.2) is 17.3 Å². The number of hydrogen-bond acceptors (Lipinski definition) is 2. The molecule has 0 radical (unpaired) electrons. The van der Waals surface area contributed by atoms with Crippen LogP contribution in [-0.2, 0) is 6.42 Å². The fourth-order valence-corrected chi connectivity index (χ4v) is 2.25. The molecule has 2 rings (SSSR count). The van der Waals surface area contributed by atoms with Gasteiger partial charge in [0, 0.05) is 4.90 Å². The summed E-state index contributed by atoms with van der Waals surface area (Å²) in [5, 5.41) is 9.12. The first-order chi connectivity index (χ1) is 8.70. The molecule has 0 amide bonds. The second-order valence-corrected chi connectivity index (χ2v) is 4.87. The van der Waals surface area contributed by atoms with Crippen LogP contribution in [0.25, 0.3) is 0 Å². The van der Waals surface area contributed by atoms with E-state index in [1.807, 2.05) is 30.5 Å². The van der Waals surface area contributed by atoms with Crippen molar-refractivity contribution in [1.82, 2.24) is 0 Å². The van der Waals surface area contributed by atoms with Crippen molar-refractivity contribution in [3.05, 3.63) is 65.2 Å². The summed E-state index contributed by atoms with van der Waals surface area (Å²) in [6.45, 7) is 0. The van der Waals surface area contributed by atoms with E-state index in [0.29, 0.717) is 12.0 Å².